The van der Waals surface area contributed by atoms with Crippen LogP contribution < -0.4 is 0 Å². The summed E-state index contributed by atoms with van der Waals surface area (Å²) in [5.41, 5.74) is 0. The van der Waals surface area contributed by atoms with Crippen LogP contribution in [0.15, 0.2) is 4.99 Å². The van der Waals surface area contributed by atoms with Gasteiger partial charge in [0, 0.05) is 13.0 Å². The van der Waals surface area contributed by atoms with Gasteiger partial charge < -0.3 is 4.74 Å². The summed E-state index contributed by atoms with van der Waals surface area (Å²) >= 11 is 0. The molecule has 2 nitrogen and oxygen atoms in total. The van der Waals surface area contributed by atoms with E-state index in [9.17, 15) is 0 Å². The first-order chi connectivity index (χ1) is 5.24. The molecule has 0 aromatic heterocycles. The Hall–Kier alpha value is -0.530. The largest absolute Gasteiger partial charge is 0.484 e. The lowest BCUT2D eigenvalue weighted by Gasteiger charge is -2.15. The summed E-state index contributed by atoms with van der Waals surface area (Å²) in [5.74, 6) is 2.43. The van der Waals surface area contributed by atoms with Gasteiger partial charge in [0.25, 0.3) is 0 Å². The fraction of sp³-hybridized carbons (Fsp3) is 0.889. The third-order valence-corrected chi connectivity index (χ3v) is 2.58. The summed E-state index contributed by atoms with van der Waals surface area (Å²) in [4.78, 5) is 4.34. The summed E-state index contributed by atoms with van der Waals surface area (Å²) < 4.78 is 5.14. The quantitative estimate of drug-likeness (QED) is 0.525. The van der Waals surface area contributed by atoms with Gasteiger partial charge in [0.2, 0.25) is 0 Å². The second kappa shape index (κ2) is 3.74. The highest BCUT2D eigenvalue weighted by atomic mass is 16.5. The SMILES string of the molecule is COC1=NCCC(C)C(C)C1. The Morgan fingerprint density at radius 2 is 2.09 bits per heavy atom. The number of methoxy groups -OCH3 is 1. The molecule has 2 unspecified atom stereocenters. The monoisotopic (exact) mass is 155 g/mol. The van der Waals surface area contributed by atoms with E-state index in [1.165, 1.54) is 6.42 Å². The van der Waals surface area contributed by atoms with Crippen molar-refractivity contribution in [3.05, 3.63) is 0 Å². The third kappa shape index (κ3) is 2.21. The van der Waals surface area contributed by atoms with E-state index in [2.05, 4.69) is 18.8 Å². The van der Waals surface area contributed by atoms with Crippen molar-refractivity contribution in [3.63, 3.8) is 0 Å². The normalized spacial score (nSPS) is 32.5. The zero-order valence-corrected chi connectivity index (χ0v) is 7.63. The van der Waals surface area contributed by atoms with Gasteiger partial charge in [-0.15, -0.1) is 0 Å². The Bertz CT molecular complexity index is 154. The molecule has 0 aromatic carbocycles. The Morgan fingerprint density at radius 1 is 1.36 bits per heavy atom. The highest BCUT2D eigenvalue weighted by Crippen LogP contribution is 2.22. The number of hydrogen-bond donors (Lipinski definition) is 0. The maximum Gasteiger partial charge on any atom is 0.183 e. The predicted molar refractivity (Wildman–Crippen MR) is 46.9 cm³/mol. The second-order valence-electron chi connectivity index (χ2n) is 3.43. The van der Waals surface area contributed by atoms with Gasteiger partial charge in [-0.1, -0.05) is 13.8 Å². The average Bonchev–Trinajstić information content (AvgIpc) is 2.15. The van der Waals surface area contributed by atoms with E-state index >= 15 is 0 Å². The minimum absolute atomic E-state index is 0.719. The fourth-order valence-electron chi connectivity index (χ4n) is 1.37. The Balaban J connectivity index is 2.53. The van der Waals surface area contributed by atoms with Crippen molar-refractivity contribution in [1.29, 1.82) is 0 Å². The highest BCUT2D eigenvalue weighted by Gasteiger charge is 2.17. The van der Waals surface area contributed by atoms with Gasteiger partial charge in [-0.25, -0.2) is 0 Å². The smallest absolute Gasteiger partial charge is 0.183 e. The van der Waals surface area contributed by atoms with E-state index in [-0.39, 0.29) is 0 Å². The van der Waals surface area contributed by atoms with E-state index in [1.54, 1.807) is 7.11 Å². The Morgan fingerprint density at radius 3 is 2.73 bits per heavy atom. The van der Waals surface area contributed by atoms with Crippen molar-refractivity contribution in [2.45, 2.75) is 26.7 Å². The molecular weight excluding hydrogens is 138 g/mol. The van der Waals surface area contributed by atoms with Crippen molar-refractivity contribution >= 4 is 5.90 Å². The minimum Gasteiger partial charge on any atom is -0.484 e. The lowest BCUT2D eigenvalue weighted by atomic mass is 9.91. The maximum absolute atomic E-state index is 5.14. The highest BCUT2D eigenvalue weighted by molar-refractivity contribution is 5.76. The van der Waals surface area contributed by atoms with Gasteiger partial charge in [0.05, 0.1) is 7.11 Å². The van der Waals surface area contributed by atoms with Gasteiger partial charge in [-0.2, -0.15) is 0 Å². The molecule has 0 aliphatic carbocycles. The molecule has 1 heterocycles. The van der Waals surface area contributed by atoms with Gasteiger partial charge in [-0.05, 0) is 18.3 Å². The molecule has 0 saturated carbocycles. The predicted octanol–water partition coefficient (Wildman–Crippen LogP) is 2.10. The molecule has 0 aromatic rings. The molecule has 1 aliphatic rings. The summed E-state index contributed by atoms with van der Waals surface area (Å²) in [7, 11) is 1.71. The van der Waals surface area contributed by atoms with E-state index < -0.39 is 0 Å². The third-order valence-electron chi connectivity index (χ3n) is 2.58. The summed E-state index contributed by atoms with van der Waals surface area (Å²) in [6.45, 7) is 5.50. The molecular formula is C9H17NO. The first-order valence-electron chi connectivity index (χ1n) is 4.31. The molecule has 0 saturated heterocycles. The zero-order valence-electron chi connectivity index (χ0n) is 7.63. The van der Waals surface area contributed by atoms with Crippen LogP contribution in [0.1, 0.15) is 26.7 Å². The first-order valence-corrected chi connectivity index (χ1v) is 4.31. The molecule has 0 amide bonds. The van der Waals surface area contributed by atoms with Gasteiger partial charge in [0.1, 0.15) is 0 Å². The van der Waals surface area contributed by atoms with Crippen molar-refractivity contribution in [2.75, 3.05) is 13.7 Å². The number of rotatable bonds is 0. The molecule has 0 spiro atoms. The summed E-state index contributed by atoms with van der Waals surface area (Å²) in [5, 5.41) is 0. The molecule has 2 heteroatoms. The van der Waals surface area contributed by atoms with E-state index in [0.29, 0.717) is 0 Å². The van der Waals surface area contributed by atoms with Crippen LogP contribution in [0.4, 0.5) is 0 Å². The lowest BCUT2D eigenvalue weighted by molar-refractivity contribution is 0.348. The van der Waals surface area contributed by atoms with Crippen LogP contribution in [0.25, 0.3) is 0 Å². The average molecular weight is 155 g/mol. The van der Waals surface area contributed by atoms with Crippen LogP contribution in [0.2, 0.25) is 0 Å². The van der Waals surface area contributed by atoms with Gasteiger partial charge >= 0.3 is 0 Å². The molecule has 64 valence electrons. The summed E-state index contributed by atoms with van der Waals surface area (Å²) in [6, 6.07) is 0. The van der Waals surface area contributed by atoms with Crippen LogP contribution in [-0.4, -0.2) is 19.6 Å². The van der Waals surface area contributed by atoms with Crippen LogP contribution in [-0.2, 0) is 4.74 Å². The van der Waals surface area contributed by atoms with Gasteiger partial charge in [-0.3, -0.25) is 4.99 Å². The molecule has 0 radical (unpaired) electrons. The topological polar surface area (TPSA) is 21.6 Å². The zero-order chi connectivity index (χ0) is 8.27. The molecule has 0 bridgehead atoms. The van der Waals surface area contributed by atoms with E-state index in [1.807, 2.05) is 0 Å². The van der Waals surface area contributed by atoms with Crippen molar-refractivity contribution < 1.29 is 4.74 Å². The number of nitrogens with zero attached hydrogens (tertiary/aromatic N) is 1. The number of ether oxygens (including phenoxy) is 1. The molecule has 1 rings (SSSR count). The van der Waals surface area contributed by atoms with Crippen LogP contribution in [0, 0.1) is 11.8 Å². The van der Waals surface area contributed by atoms with Crippen molar-refractivity contribution in [1.82, 2.24) is 0 Å². The lowest BCUT2D eigenvalue weighted by Crippen LogP contribution is -2.11. The standard InChI is InChI=1S/C9H17NO/c1-7-4-5-10-9(11-3)6-8(7)2/h7-8H,4-6H2,1-3H3. The van der Waals surface area contributed by atoms with Crippen LogP contribution >= 0.6 is 0 Å². The number of hydrogen-bond acceptors (Lipinski definition) is 2. The Kier molecular flexibility index (Phi) is 2.92. The molecule has 2 atom stereocenters. The fourth-order valence-corrected chi connectivity index (χ4v) is 1.37. The first kappa shape index (κ1) is 8.57. The van der Waals surface area contributed by atoms with Crippen molar-refractivity contribution in [3.8, 4) is 0 Å². The van der Waals surface area contributed by atoms with Crippen molar-refractivity contribution in [2.24, 2.45) is 16.8 Å². The van der Waals surface area contributed by atoms with E-state index in [4.69, 9.17) is 4.74 Å². The molecule has 11 heavy (non-hydrogen) atoms. The van der Waals surface area contributed by atoms with E-state index in [0.717, 1.165) is 30.7 Å². The maximum atomic E-state index is 5.14. The van der Waals surface area contributed by atoms with Crippen LogP contribution in [0.3, 0.4) is 0 Å². The number of aliphatic imine (C=N–C) groups is 1. The summed E-state index contributed by atoms with van der Waals surface area (Å²) in [6.07, 6.45) is 2.21. The van der Waals surface area contributed by atoms with Gasteiger partial charge in [0.15, 0.2) is 5.90 Å². The molecule has 0 fully saturated rings. The molecule has 0 N–H and O–H groups in total. The second-order valence-corrected chi connectivity index (χ2v) is 3.43. The minimum atomic E-state index is 0.719. The van der Waals surface area contributed by atoms with Crippen LogP contribution in [0.5, 0.6) is 0 Å². The Labute approximate surface area is 68.7 Å². The molecule has 1 aliphatic heterocycles.